The second kappa shape index (κ2) is 12.2. The molecule has 0 aliphatic carbocycles. The normalized spacial score (nSPS) is 27.7. The number of hydrogen-bond acceptors (Lipinski definition) is 7. The minimum absolute atomic E-state index is 0.0172. The summed E-state index contributed by atoms with van der Waals surface area (Å²) in [6.07, 6.45) is 9.96. The number of anilines is 1. The molecule has 39 heavy (non-hydrogen) atoms. The van der Waals surface area contributed by atoms with Crippen molar-refractivity contribution in [2.24, 2.45) is 11.8 Å². The van der Waals surface area contributed by atoms with Gasteiger partial charge in [0, 0.05) is 38.5 Å². The zero-order valence-electron chi connectivity index (χ0n) is 23.4. The molecule has 1 aromatic heterocycles. The Morgan fingerprint density at radius 2 is 1.85 bits per heavy atom. The molecule has 0 unspecified atom stereocenters. The molecular weight excluding hydrogens is 494 g/mol. The molecule has 2 saturated heterocycles. The van der Waals surface area contributed by atoms with Crippen molar-refractivity contribution in [3.05, 3.63) is 30.4 Å². The lowest BCUT2D eigenvalue weighted by Gasteiger charge is -2.26. The summed E-state index contributed by atoms with van der Waals surface area (Å²) >= 11 is 0. The van der Waals surface area contributed by atoms with Gasteiger partial charge in [-0.05, 0) is 56.1 Å². The van der Waals surface area contributed by atoms with Crippen LogP contribution in [0.3, 0.4) is 0 Å². The molecule has 3 aliphatic heterocycles. The Balaban J connectivity index is 1.40. The third-order valence-corrected chi connectivity index (χ3v) is 8.12. The summed E-state index contributed by atoms with van der Waals surface area (Å²) in [5.41, 5.74) is 0.752. The Morgan fingerprint density at radius 1 is 1.03 bits per heavy atom. The number of carbonyl (C=O) groups excluding carboxylic acids is 2. The fraction of sp³-hybridized carbons (Fsp3) is 0.600. The Hall–Kier alpha value is -3.36. The zero-order valence-corrected chi connectivity index (χ0v) is 23.4. The molecule has 1 N–H and O–H groups in total. The van der Waals surface area contributed by atoms with Crippen LogP contribution in [0.1, 0.15) is 58.8 Å². The minimum Gasteiger partial charge on any atom is -0.497 e. The number of nitrogens with one attached hydrogen (secondary N) is 1. The fourth-order valence-electron chi connectivity index (χ4n) is 6.07. The zero-order chi connectivity index (χ0) is 27.4. The number of ether oxygens (including phenoxy) is 2. The summed E-state index contributed by atoms with van der Waals surface area (Å²) < 4.78 is 12.0. The molecular formula is C30H41N5O4. The summed E-state index contributed by atoms with van der Waals surface area (Å²) in [5.74, 6) is 2.54. The number of carbonyl (C=O) groups is 2. The van der Waals surface area contributed by atoms with Gasteiger partial charge in [0.25, 0.3) is 0 Å². The van der Waals surface area contributed by atoms with Gasteiger partial charge >= 0.3 is 0 Å². The standard InChI is InChI=1S/C30H41N5O4/c1-20-9-5-4-6-12-31-28(37)26-18-23(19-35(26)27(36)16-21(2)15-20)39-29-24-11-10-22(38-3)17-25(24)32-30(33-29)34-13-7-8-14-34/h4,6,10-11,17,20-21,23,26H,5,7-9,12-16,18-19H2,1-3H3,(H,31,37)/b6-4-/t20-,21+,23+,26-/m0/s1. The third kappa shape index (κ3) is 6.45. The van der Waals surface area contributed by atoms with Crippen LogP contribution in [-0.4, -0.2) is 72.1 Å². The molecule has 2 aromatic rings. The van der Waals surface area contributed by atoms with Gasteiger partial charge in [-0.1, -0.05) is 26.0 Å². The van der Waals surface area contributed by atoms with Crippen LogP contribution in [0, 0.1) is 11.8 Å². The number of aromatic nitrogens is 2. The molecule has 0 saturated carbocycles. The molecule has 0 bridgehead atoms. The van der Waals surface area contributed by atoms with Crippen LogP contribution in [0.2, 0.25) is 0 Å². The predicted molar refractivity (Wildman–Crippen MR) is 151 cm³/mol. The summed E-state index contributed by atoms with van der Waals surface area (Å²) in [6.45, 7) is 7.03. The predicted octanol–water partition coefficient (Wildman–Crippen LogP) is 4.11. The average Bonchev–Trinajstić information content (AvgIpc) is 3.60. The summed E-state index contributed by atoms with van der Waals surface area (Å²) in [4.78, 5) is 40.2. The van der Waals surface area contributed by atoms with Gasteiger partial charge in [0.05, 0.1) is 24.6 Å². The first-order valence-corrected chi connectivity index (χ1v) is 14.4. The van der Waals surface area contributed by atoms with Crippen LogP contribution in [0.5, 0.6) is 11.6 Å². The van der Waals surface area contributed by atoms with Crippen LogP contribution < -0.4 is 19.7 Å². The van der Waals surface area contributed by atoms with Crippen molar-refractivity contribution in [3.8, 4) is 11.6 Å². The van der Waals surface area contributed by atoms with E-state index in [-0.39, 0.29) is 23.8 Å². The first kappa shape index (κ1) is 27.2. The van der Waals surface area contributed by atoms with E-state index in [9.17, 15) is 9.59 Å². The fourth-order valence-corrected chi connectivity index (χ4v) is 6.07. The van der Waals surface area contributed by atoms with Gasteiger partial charge in [-0.3, -0.25) is 9.59 Å². The lowest BCUT2D eigenvalue weighted by molar-refractivity contribution is -0.139. The molecule has 9 heteroatoms. The van der Waals surface area contributed by atoms with E-state index in [1.54, 1.807) is 12.0 Å². The number of nitrogens with zero attached hydrogens (tertiary/aromatic N) is 4. The van der Waals surface area contributed by atoms with Gasteiger partial charge in [-0.2, -0.15) is 4.98 Å². The smallest absolute Gasteiger partial charge is 0.243 e. The highest BCUT2D eigenvalue weighted by atomic mass is 16.5. The summed E-state index contributed by atoms with van der Waals surface area (Å²) in [6, 6.07) is 5.12. The Morgan fingerprint density at radius 3 is 2.64 bits per heavy atom. The van der Waals surface area contributed by atoms with Crippen LogP contribution in [-0.2, 0) is 9.59 Å². The molecule has 9 nitrogen and oxygen atoms in total. The molecule has 0 spiro atoms. The van der Waals surface area contributed by atoms with Gasteiger partial charge in [0.2, 0.25) is 23.6 Å². The number of allylic oxidation sites excluding steroid dienone is 1. The van der Waals surface area contributed by atoms with Gasteiger partial charge in [-0.15, -0.1) is 0 Å². The van der Waals surface area contributed by atoms with Crippen molar-refractivity contribution in [2.75, 3.05) is 38.2 Å². The molecule has 4 atom stereocenters. The molecule has 1 aromatic carbocycles. The molecule has 3 aliphatic rings. The second-order valence-corrected chi connectivity index (χ2v) is 11.4. The van der Waals surface area contributed by atoms with E-state index in [4.69, 9.17) is 19.4 Å². The maximum Gasteiger partial charge on any atom is 0.243 e. The highest BCUT2D eigenvalue weighted by molar-refractivity contribution is 5.89. The monoisotopic (exact) mass is 535 g/mol. The molecule has 2 fully saturated rings. The topological polar surface area (TPSA) is 96.9 Å². The van der Waals surface area contributed by atoms with E-state index in [0.29, 0.717) is 43.7 Å². The first-order valence-electron chi connectivity index (χ1n) is 14.4. The van der Waals surface area contributed by atoms with Crippen molar-refractivity contribution in [2.45, 2.75) is 70.9 Å². The lowest BCUT2D eigenvalue weighted by Crippen LogP contribution is -2.46. The van der Waals surface area contributed by atoms with Gasteiger partial charge in [0.15, 0.2) is 0 Å². The van der Waals surface area contributed by atoms with Gasteiger partial charge in [0.1, 0.15) is 17.9 Å². The largest absolute Gasteiger partial charge is 0.497 e. The van der Waals surface area contributed by atoms with Crippen molar-refractivity contribution < 1.29 is 19.1 Å². The lowest BCUT2D eigenvalue weighted by atomic mass is 9.91. The summed E-state index contributed by atoms with van der Waals surface area (Å²) in [5, 5.41) is 3.79. The third-order valence-electron chi connectivity index (χ3n) is 8.12. The van der Waals surface area contributed by atoms with Crippen molar-refractivity contribution in [3.63, 3.8) is 0 Å². The maximum absolute atomic E-state index is 13.5. The number of fused-ring (bicyclic) bond motifs is 2. The Bertz CT molecular complexity index is 1210. The number of rotatable bonds is 4. The number of methoxy groups -OCH3 is 1. The molecule has 0 radical (unpaired) electrons. The minimum atomic E-state index is -0.560. The van der Waals surface area contributed by atoms with Crippen molar-refractivity contribution in [1.29, 1.82) is 0 Å². The molecule has 2 amide bonds. The van der Waals surface area contributed by atoms with Crippen LogP contribution >= 0.6 is 0 Å². The highest BCUT2D eigenvalue weighted by Gasteiger charge is 2.41. The first-order chi connectivity index (χ1) is 18.9. The van der Waals surface area contributed by atoms with Crippen molar-refractivity contribution >= 4 is 28.7 Å². The average molecular weight is 536 g/mol. The van der Waals surface area contributed by atoms with E-state index >= 15 is 0 Å². The van der Waals surface area contributed by atoms with Crippen LogP contribution in [0.4, 0.5) is 5.95 Å². The Labute approximate surface area is 230 Å². The number of benzene rings is 1. The van der Waals surface area contributed by atoms with E-state index in [2.05, 4.69) is 30.1 Å². The van der Waals surface area contributed by atoms with Crippen LogP contribution in [0.25, 0.3) is 10.9 Å². The van der Waals surface area contributed by atoms with Crippen molar-refractivity contribution in [1.82, 2.24) is 20.2 Å². The Kier molecular flexibility index (Phi) is 8.53. The maximum atomic E-state index is 13.5. The van der Waals surface area contributed by atoms with E-state index in [1.165, 1.54) is 0 Å². The van der Waals surface area contributed by atoms with Crippen LogP contribution in [0.15, 0.2) is 30.4 Å². The molecule has 5 rings (SSSR count). The van der Waals surface area contributed by atoms with E-state index in [0.717, 1.165) is 61.8 Å². The van der Waals surface area contributed by atoms with E-state index < -0.39 is 6.04 Å². The van der Waals surface area contributed by atoms with Gasteiger partial charge < -0.3 is 24.6 Å². The highest BCUT2D eigenvalue weighted by Crippen LogP contribution is 2.33. The number of hydrogen-bond donors (Lipinski definition) is 1. The SMILES string of the molecule is COc1ccc2c(O[C@@H]3C[C@H]4C(=O)NC/C=C\CC[C@H](C)C[C@@H](C)CC(=O)N4C3)nc(N3CCCC3)nc2c1. The quantitative estimate of drug-likeness (QED) is 0.589. The molecule has 4 heterocycles. The number of amides is 2. The van der Waals surface area contributed by atoms with E-state index in [1.807, 2.05) is 24.3 Å². The van der Waals surface area contributed by atoms with Gasteiger partial charge in [-0.25, -0.2) is 4.98 Å². The molecule has 210 valence electrons. The second-order valence-electron chi connectivity index (χ2n) is 11.4. The summed E-state index contributed by atoms with van der Waals surface area (Å²) in [7, 11) is 1.64.